The molecule has 4 heteroatoms. The Balaban J connectivity index is 1.73. The van der Waals surface area contributed by atoms with E-state index in [-0.39, 0.29) is 0 Å². The third-order valence-electron chi connectivity index (χ3n) is 4.48. The van der Waals surface area contributed by atoms with Crippen LogP contribution in [0, 0.1) is 0 Å². The van der Waals surface area contributed by atoms with Crippen molar-refractivity contribution in [2.75, 3.05) is 31.5 Å². The molecule has 0 aromatic heterocycles. The lowest BCUT2D eigenvalue weighted by Crippen LogP contribution is -2.24. The van der Waals surface area contributed by atoms with Crippen molar-refractivity contribution in [1.82, 2.24) is 4.90 Å². The summed E-state index contributed by atoms with van der Waals surface area (Å²) in [5, 5.41) is 3.17. The van der Waals surface area contributed by atoms with Crippen molar-refractivity contribution in [3.05, 3.63) is 29.8 Å². The average Bonchev–Trinajstić information content (AvgIpc) is 3.05. The summed E-state index contributed by atoms with van der Waals surface area (Å²) in [6.45, 7) is 8.89. The van der Waals surface area contributed by atoms with Crippen LogP contribution in [0.25, 0.3) is 0 Å². The predicted octanol–water partition coefficient (Wildman–Crippen LogP) is 3.41. The largest absolute Gasteiger partial charge is 0.370 e. The molecule has 22 heavy (non-hydrogen) atoms. The maximum Gasteiger partial charge on any atom is 0.193 e. The van der Waals surface area contributed by atoms with E-state index in [1.807, 2.05) is 0 Å². The second kappa shape index (κ2) is 8.79. The Hall–Kier alpha value is -1.55. The minimum absolute atomic E-state index is 0.512. The SMILES string of the molecule is CCC(C)c1ccc(NC(N)=NCCCN2CCCC2)cc1. The van der Waals surface area contributed by atoms with Crippen LogP contribution in [0.4, 0.5) is 5.69 Å². The number of hydrogen-bond acceptors (Lipinski definition) is 2. The zero-order valence-electron chi connectivity index (χ0n) is 14.0. The second-order valence-corrected chi connectivity index (χ2v) is 6.23. The minimum Gasteiger partial charge on any atom is -0.370 e. The molecule has 3 N–H and O–H groups in total. The van der Waals surface area contributed by atoms with Crippen LogP contribution in [0.15, 0.2) is 29.3 Å². The van der Waals surface area contributed by atoms with Gasteiger partial charge in [0.2, 0.25) is 0 Å². The standard InChI is InChI=1S/C18H30N4/c1-3-15(2)16-7-9-17(10-8-16)21-18(19)20-11-6-14-22-12-4-5-13-22/h7-10,15H,3-6,11-14H2,1-2H3,(H3,19,20,21). The number of aliphatic imine (C=N–C) groups is 1. The number of nitrogens with zero attached hydrogens (tertiary/aromatic N) is 2. The van der Waals surface area contributed by atoms with Gasteiger partial charge in [-0.25, -0.2) is 0 Å². The van der Waals surface area contributed by atoms with E-state index in [1.54, 1.807) is 0 Å². The average molecular weight is 302 g/mol. The Morgan fingerprint density at radius 1 is 1.27 bits per heavy atom. The highest BCUT2D eigenvalue weighted by Gasteiger charge is 2.09. The van der Waals surface area contributed by atoms with Gasteiger partial charge in [0.25, 0.3) is 0 Å². The number of nitrogens with two attached hydrogens (primary N) is 1. The van der Waals surface area contributed by atoms with Gasteiger partial charge >= 0.3 is 0 Å². The molecule has 1 aromatic carbocycles. The van der Waals surface area contributed by atoms with E-state index in [9.17, 15) is 0 Å². The first-order valence-corrected chi connectivity index (χ1v) is 8.58. The number of likely N-dealkylation sites (tertiary alicyclic amines) is 1. The lowest BCUT2D eigenvalue weighted by molar-refractivity contribution is 0.336. The molecule has 0 aliphatic carbocycles. The molecule has 0 bridgehead atoms. The zero-order chi connectivity index (χ0) is 15.8. The van der Waals surface area contributed by atoms with Crippen molar-refractivity contribution in [3.63, 3.8) is 0 Å². The smallest absolute Gasteiger partial charge is 0.193 e. The normalized spacial score (nSPS) is 17.6. The topological polar surface area (TPSA) is 53.6 Å². The number of guanidine groups is 1. The van der Waals surface area contributed by atoms with Gasteiger partial charge in [0, 0.05) is 12.2 Å². The molecule has 1 unspecified atom stereocenters. The monoisotopic (exact) mass is 302 g/mol. The van der Waals surface area contributed by atoms with E-state index in [0.29, 0.717) is 11.9 Å². The summed E-state index contributed by atoms with van der Waals surface area (Å²) >= 11 is 0. The van der Waals surface area contributed by atoms with Crippen molar-refractivity contribution in [2.45, 2.75) is 45.4 Å². The van der Waals surface area contributed by atoms with Crippen LogP contribution in [0.5, 0.6) is 0 Å². The second-order valence-electron chi connectivity index (χ2n) is 6.23. The van der Waals surface area contributed by atoms with Gasteiger partial charge in [0.15, 0.2) is 5.96 Å². The number of rotatable bonds is 7. The van der Waals surface area contributed by atoms with E-state index >= 15 is 0 Å². The predicted molar refractivity (Wildman–Crippen MR) is 95.6 cm³/mol. The van der Waals surface area contributed by atoms with Crippen LogP contribution in [-0.2, 0) is 0 Å². The number of anilines is 1. The summed E-state index contributed by atoms with van der Waals surface area (Å²) < 4.78 is 0. The summed E-state index contributed by atoms with van der Waals surface area (Å²) in [5.74, 6) is 1.11. The first-order chi connectivity index (χ1) is 10.7. The van der Waals surface area contributed by atoms with Crippen molar-refractivity contribution in [3.8, 4) is 0 Å². The fourth-order valence-electron chi connectivity index (χ4n) is 2.82. The third kappa shape index (κ3) is 5.34. The van der Waals surface area contributed by atoms with Gasteiger partial charge < -0.3 is 16.0 Å². The molecule has 1 fully saturated rings. The molecule has 0 amide bonds. The van der Waals surface area contributed by atoms with Crippen LogP contribution in [-0.4, -0.2) is 37.0 Å². The molecule has 0 spiro atoms. The summed E-state index contributed by atoms with van der Waals surface area (Å²) in [7, 11) is 0. The van der Waals surface area contributed by atoms with Crippen molar-refractivity contribution in [2.24, 2.45) is 10.7 Å². The Morgan fingerprint density at radius 3 is 2.59 bits per heavy atom. The van der Waals surface area contributed by atoms with Gasteiger partial charge in [-0.05, 0) is 68.9 Å². The summed E-state index contributed by atoms with van der Waals surface area (Å²) in [6, 6.07) is 8.48. The molecule has 1 heterocycles. The fraction of sp³-hybridized carbons (Fsp3) is 0.611. The van der Waals surface area contributed by atoms with Gasteiger partial charge in [-0.15, -0.1) is 0 Å². The maximum atomic E-state index is 5.95. The van der Waals surface area contributed by atoms with Gasteiger partial charge in [-0.2, -0.15) is 0 Å². The molecule has 0 saturated carbocycles. The molecule has 4 nitrogen and oxygen atoms in total. The molecular weight excluding hydrogens is 272 g/mol. The Kier molecular flexibility index (Phi) is 6.72. The van der Waals surface area contributed by atoms with Crippen molar-refractivity contribution < 1.29 is 0 Å². The summed E-state index contributed by atoms with van der Waals surface area (Å²) in [4.78, 5) is 6.92. The van der Waals surface area contributed by atoms with Gasteiger partial charge in [-0.1, -0.05) is 26.0 Å². The molecular formula is C18H30N4. The zero-order valence-corrected chi connectivity index (χ0v) is 14.0. The Labute approximate surface area is 134 Å². The van der Waals surface area contributed by atoms with Crippen LogP contribution in [0.3, 0.4) is 0 Å². The lowest BCUT2D eigenvalue weighted by Gasteiger charge is -2.13. The molecule has 1 aromatic rings. The van der Waals surface area contributed by atoms with Crippen molar-refractivity contribution >= 4 is 11.6 Å². The highest BCUT2D eigenvalue weighted by molar-refractivity contribution is 5.92. The number of hydrogen-bond donors (Lipinski definition) is 2. The summed E-state index contributed by atoms with van der Waals surface area (Å²) in [5.41, 5.74) is 8.33. The molecule has 1 atom stereocenters. The molecule has 2 rings (SSSR count). The van der Waals surface area contributed by atoms with E-state index in [2.05, 4.69) is 53.3 Å². The first-order valence-electron chi connectivity index (χ1n) is 8.58. The first kappa shape index (κ1) is 16.8. The highest BCUT2D eigenvalue weighted by Crippen LogP contribution is 2.20. The molecule has 1 saturated heterocycles. The van der Waals surface area contributed by atoms with Crippen LogP contribution in [0.1, 0.15) is 51.0 Å². The Bertz CT molecular complexity index is 460. The fourth-order valence-corrected chi connectivity index (χ4v) is 2.82. The summed E-state index contributed by atoms with van der Waals surface area (Å²) in [6.07, 6.45) is 4.93. The Morgan fingerprint density at radius 2 is 1.95 bits per heavy atom. The number of benzene rings is 1. The minimum atomic E-state index is 0.512. The molecule has 1 aliphatic heterocycles. The van der Waals surface area contributed by atoms with E-state index in [0.717, 1.165) is 31.6 Å². The number of nitrogens with one attached hydrogen (secondary N) is 1. The van der Waals surface area contributed by atoms with Crippen LogP contribution in [0.2, 0.25) is 0 Å². The maximum absolute atomic E-state index is 5.95. The molecule has 122 valence electrons. The van der Waals surface area contributed by atoms with Crippen molar-refractivity contribution in [1.29, 1.82) is 0 Å². The van der Waals surface area contributed by atoms with E-state index < -0.39 is 0 Å². The molecule has 0 radical (unpaired) electrons. The van der Waals surface area contributed by atoms with Crippen LogP contribution < -0.4 is 11.1 Å². The van der Waals surface area contributed by atoms with Gasteiger partial charge in [0.05, 0.1) is 0 Å². The quantitative estimate of drug-likeness (QED) is 0.461. The highest BCUT2D eigenvalue weighted by atomic mass is 15.1. The third-order valence-corrected chi connectivity index (χ3v) is 4.48. The van der Waals surface area contributed by atoms with Crippen LogP contribution >= 0.6 is 0 Å². The van der Waals surface area contributed by atoms with E-state index in [1.165, 1.54) is 31.5 Å². The van der Waals surface area contributed by atoms with Gasteiger partial charge in [0.1, 0.15) is 0 Å². The lowest BCUT2D eigenvalue weighted by atomic mass is 9.99. The molecule has 1 aliphatic rings. The van der Waals surface area contributed by atoms with E-state index in [4.69, 9.17) is 5.73 Å². The van der Waals surface area contributed by atoms with Gasteiger partial charge in [-0.3, -0.25) is 4.99 Å².